The summed E-state index contributed by atoms with van der Waals surface area (Å²) in [4.78, 5) is 4.41. The summed E-state index contributed by atoms with van der Waals surface area (Å²) in [5, 5.41) is 8.04. The third-order valence-electron chi connectivity index (χ3n) is 4.67. The van der Waals surface area contributed by atoms with Gasteiger partial charge in [-0.15, -0.1) is 0 Å². The molecule has 19 heavy (non-hydrogen) atoms. The van der Waals surface area contributed by atoms with Crippen LogP contribution in [0.3, 0.4) is 0 Å². The fourth-order valence-corrected chi connectivity index (χ4v) is 3.69. The van der Waals surface area contributed by atoms with Crippen molar-refractivity contribution in [3.8, 4) is 0 Å². The summed E-state index contributed by atoms with van der Waals surface area (Å²) in [6.07, 6.45) is 7.71. The molecule has 1 aromatic heterocycles. The lowest BCUT2D eigenvalue weighted by Gasteiger charge is -2.21. The van der Waals surface area contributed by atoms with E-state index in [1.54, 1.807) is 0 Å². The number of hydrogen-bond acceptors (Lipinski definition) is 3. The Morgan fingerprint density at radius 3 is 2.79 bits per heavy atom. The van der Waals surface area contributed by atoms with Gasteiger partial charge in [-0.1, -0.05) is 6.42 Å². The molecule has 0 saturated heterocycles. The molecule has 0 amide bonds. The first-order chi connectivity index (χ1) is 8.99. The number of nitrogens with one attached hydrogen (secondary N) is 1. The van der Waals surface area contributed by atoms with Gasteiger partial charge in [0.05, 0.1) is 6.54 Å². The van der Waals surface area contributed by atoms with Crippen molar-refractivity contribution < 1.29 is 0 Å². The van der Waals surface area contributed by atoms with E-state index in [9.17, 15) is 0 Å². The zero-order valence-corrected chi connectivity index (χ0v) is 12.4. The minimum Gasteiger partial charge on any atom is -0.305 e. The molecule has 4 nitrogen and oxygen atoms in total. The summed E-state index contributed by atoms with van der Waals surface area (Å²) < 4.78 is 2.06. The van der Waals surface area contributed by atoms with Crippen LogP contribution in [0.5, 0.6) is 0 Å². The maximum absolute atomic E-state index is 4.60. The molecule has 2 aliphatic rings. The maximum Gasteiger partial charge on any atom is 0.164 e. The predicted molar refractivity (Wildman–Crippen MR) is 75.6 cm³/mol. The molecule has 2 bridgehead atoms. The Morgan fingerprint density at radius 1 is 1.32 bits per heavy atom. The van der Waals surface area contributed by atoms with Crippen molar-refractivity contribution in [2.24, 2.45) is 17.8 Å². The van der Waals surface area contributed by atoms with Crippen LogP contribution in [0.4, 0.5) is 0 Å². The Hall–Kier alpha value is -0.900. The van der Waals surface area contributed by atoms with E-state index in [1.165, 1.54) is 25.7 Å². The molecule has 0 radical (unpaired) electrons. The fourth-order valence-electron chi connectivity index (χ4n) is 3.69. The van der Waals surface area contributed by atoms with Gasteiger partial charge in [0.1, 0.15) is 6.33 Å². The average molecular weight is 262 g/mol. The molecule has 2 saturated carbocycles. The van der Waals surface area contributed by atoms with Crippen LogP contribution in [0.2, 0.25) is 0 Å². The number of rotatable bonds is 4. The molecule has 1 aromatic rings. The quantitative estimate of drug-likeness (QED) is 0.907. The summed E-state index contributed by atoms with van der Waals surface area (Å²) in [5.41, 5.74) is 0.121. The summed E-state index contributed by atoms with van der Waals surface area (Å²) in [7, 11) is 0. The van der Waals surface area contributed by atoms with Gasteiger partial charge in [-0.3, -0.25) is 4.68 Å². The average Bonchev–Trinajstić information content (AvgIpc) is 3.01. The largest absolute Gasteiger partial charge is 0.305 e. The van der Waals surface area contributed by atoms with Gasteiger partial charge in [0.15, 0.2) is 5.82 Å². The van der Waals surface area contributed by atoms with Gasteiger partial charge in [0, 0.05) is 12.1 Å². The molecular formula is C15H26N4. The van der Waals surface area contributed by atoms with Crippen LogP contribution in [-0.2, 0) is 13.1 Å². The molecule has 0 aliphatic heterocycles. The molecule has 3 atom stereocenters. The van der Waals surface area contributed by atoms with Crippen LogP contribution in [0.25, 0.3) is 0 Å². The van der Waals surface area contributed by atoms with Crippen molar-refractivity contribution in [1.82, 2.24) is 20.1 Å². The normalized spacial score (nSPS) is 30.2. The van der Waals surface area contributed by atoms with Crippen LogP contribution < -0.4 is 5.32 Å². The molecule has 0 aromatic carbocycles. The van der Waals surface area contributed by atoms with Gasteiger partial charge >= 0.3 is 0 Å². The van der Waals surface area contributed by atoms with E-state index < -0.39 is 0 Å². The highest BCUT2D eigenvalue weighted by Crippen LogP contribution is 2.48. The third-order valence-corrected chi connectivity index (χ3v) is 4.67. The van der Waals surface area contributed by atoms with E-state index >= 15 is 0 Å². The summed E-state index contributed by atoms with van der Waals surface area (Å²) in [5.74, 6) is 3.74. The Bertz CT molecular complexity index is 432. The Balaban J connectivity index is 1.53. The van der Waals surface area contributed by atoms with E-state index in [0.717, 1.165) is 36.7 Å². The zero-order valence-electron chi connectivity index (χ0n) is 12.4. The summed E-state index contributed by atoms with van der Waals surface area (Å²) in [6, 6.07) is 0. The second kappa shape index (κ2) is 4.89. The fraction of sp³-hybridized carbons (Fsp3) is 0.867. The minimum absolute atomic E-state index is 0.121. The van der Waals surface area contributed by atoms with Crippen molar-refractivity contribution in [1.29, 1.82) is 0 Å². The molecule has 3 unspecified atom stereocenters. The van der Waals surface area contributed by atoms with Gasteiger partial charge in [0.25, 0.3) is 0 Å². The van der Waals surface area contributed by atoms with E-state index in [1.807, 2.05) is 6.33 Å². The first-order valence-corrected chi connectivity index (χ1v) is 7.63. The van der Waals surface area contributed by atoms with Crippen molar-refractivity contribution in [3.05, 3.63) is 12.2 Å². The van der Waals surface area contributed by atoms with Gasteiger partial charge in [-0.25, -0.2) is 4.98 Å². The van der Waals surface area contributed by atoms with E-state index in [2.05, 4.69) is 40.9 Å². The van der Waals surface area contributed by atoms with Gasteiger partial charge in [-0.05, 0) is 57.8 Å². The lowest BCUT2D eigenvalue weighted by molar-refractivity contribution is 0.284. The van der Waals surface area contributed by atoms with Crippen LogP contribution in [0.15, 0.2) is 6.33 Å². The summed E-state index contributed by atoms with van der Waals surface area (Å²) in [6.45, 7) is 8.33. The second-order valence-corrected chi connectivity index (χ2v) is 7.42. The van der Waals surface area contributed by atoms with Gasteiger partial charge in [-0.2, -0.15) is 5.10 Å². The monoisotopic (exact) mass is 262 g/mol. The Kier molecular flexibility index (Phi) is 3.37. The molecule has 1 N–H and O–H groups in total. The zero-order chi connectivity index (χ0) is 13.5. The van der Waals surface area contributed by atoms with Crippen molar-refractivity contribution in [2.75, 3.05) is 0 Å². The lowest BCUT2D eigenvalue weighted by atomic mass is 9.89. The van der Waals surface area contributed by atoms with Crippen LogP contribution in [-0.4, -0.2) is 20.3 Å². The third kappa shape index (κ3) is 3.16. The minimum atomic E-state index is 0.121. The molecule has 0 spiro atoms. The van der Waals surface area contributed by atoms with E-state index in [4.69, 9.17) is 0 Å². The number of nitrogens with zero attached hydrogens (tertiary/aromatic N) is 3. The molecule has 1 heterocycles. The lowest BCUT2D eigenvalue weighted by Crippen LogP contribution is -2.35. The first-order valence-electron chi connectivity index (χ1n) is 7.63. The highest BCUT2D eigenvalue weighted by atomic mass is 15.3. The molecule has 2 fully saturated rings. The van der Waals surface area contributed by atoms with Crippen LogP contribution in [0, 0.1) is 17.8 Å². The number of aromatic nitrogens is 3. The predicted octanol–water partition coefficient (Wildman–Crippen LogP) is 2.60. The van der Waals surface area contributed by atoms with Crippen molar-refractivity contribution in [2.45, 2.75) is 65.1 Å². The molecule has 106 valence electrons. The molecule has 2 aliphatic carbocycles. The molecule has 4 heteroatoms. The SMILES string of the molecule is CC(C)(C)NCc1ncn(CC2CC3CCC2C3)n1. The van der Waals surface area contributed by atoms with Crippen LogP contribution >= 0.6 is 0 Å². The Labute approximate surface area is 116 Å². The van der Waals surface area contributed by atoms with Crippen molar-refractivity contribution in [3.63, 3.8) is 0 Å². The molecule has 3 rings (SSSR count). The first kappa shape index (κ1) is 13.1. The standard InChI is InChI=1S/C15H26N4/c1-15(2,3)17-8-14-16-10-19(18-14)9-13-7-11-4-5-12(13)6-11/h10-13,17H,4-9H2,1-3H3. The second-order valence-electron chi connectivity index (χ2n) is 7.42. The van der Waals surface area contributed by atoms with Gasteiger partial charge < -0.3 is 5.32 Å². The van der Waals surface area contributed by atoms with Gasteiger partial charge in [0.2, 0.25) is 0 Å². The Morgan fingerprint density at radius 2 is 2.16 bits per heavy atom. The number of fused-ring (bicyclic) bond motifs is 2. The highest BCUT2D eigenvalue weighted by molar-refractivity contribution is 4.91. The maximum atomic E-state index is 4.60. The summed E-state index contributed by atoms with van der Waals surface area (Å²) >= 11 is 0. The van der Waals surface area contributed by atoms with Crippen molar-refractivity contribution >= 4 is 0 Å². The number of hydrogen-bond donors (Lipinski definition) is 1. The van der Waals surface area contributed by atoms with E-state index in [-0.39, 0.29) is 5.54 Å². The van der Waals surface area contributed by atoms with E-state index in [0.29, 0.717) is 0 Å². The highest BCUT2D eigenvalue weighted by Gasteiger charge is 2.39. The topological polar surface area (TPSA) is 42.7 Å². The smallest absolute Gasteiger partial charge is 0.164 e. The van der Waals surface area contributed by atoms with Crippen LogP contribution in [0.1, 0.15) is 52.3 Å². The molecular weight excluding hydrogens is 236 g/mol.